The molecule has 1 unspecified atom stereocenters. The van der Waals surface area contributed by atoms with Crippen molar-refractivity contribution in [1.29, 1.82) is 0 Å². The van der Waals surface area contributed by atoms with E-state index in [-0.39, 0.29) is 0 Å². The summed E-state index contributed by atoms with van der Waals surface area (Å²) in [4.78, 5) is 0. The molecule has 0 radical (unpaired) electrons. The zero-order chi connectivity index (χ0) is 12.3. The van der Waals surface area contributed by atoms with Gasteiger partial charge in [-0.1, -0.05) is 6.42 Å². The summed E-state index contributed by atoms with van der Waals surface area (Å²) in [5, 5.41) is 3.18. The predicted octanol–water partition coefficient (Wildman–Crippen LogP) is 0.401. The van der Waals surface area contributed by atoms with Crippen LogP contribution in [0.2, 0.25) is 0 Å². The van der Waals surface area contributed by atoms with Crippen LogP contribution in [0.4, 0.5) is 0 Å². The van der Waals surface area contributed by atoms with Gasteiger partial charge in [-0.3, -0.25) is 0 Å². The Morgan fingerprint density at radius 2 is 1.65 bits per heavy atom. The van der Waals surface area contributed by atoms with Crippen molar-refractivity contribution < 1.29 is 8.42 Å². The minimum atomic E-state index is -3.20. The number of nitrogens with zero attached hydrogens (tertiary/aromatic N) is 2. The Kier molecular flexibility index (Phi) is 4.41. The van der Waals surface area contributed by atoms with Gasteiger partial charge >= 0.3 is 0 Å². The van der Waals surface area contributed by atoms with E-state index in [1.54, 1.807) is 8.61 Å². The lowest BCUT2D eigenvalue weighted by molar-refractivity contribution is 0.256. The van der Waals surface area contributed by atoms with Crippen molar-refractivity contribution in [2.75, 3.05) is 33.2 Å². The molecule has 0 amide bonds. The normalized spacial score (nSPS) is 29.4. The van der Waals surface area contributed by atoms with Crippen LogP contribution in [0.25, 0.3) is 0 Å². The highest BCUT2D eigenvalue weighted by molar-refractivity contribution is 7.86. The van der Waals surface area contributed by atoms with Crippen LogP contribution in [0.3, 0.4) is 0 Å². The van der Waals surface area contributed by atoms with Crippen molar-refractivity contribution in [1.82, 2.24) is 13.9 Å². The summed E-state index contributed by atoms with van der Waals surface area (Å²) in [5.41, 5.74) is 0. The van der Waals surface area contributed by atoms with Gasteiger partial charge in [-0.15, -0.1) is 0 Å². The van der Waals surface area contributed by atoms with Crippen molar-refractivity contribution in [3.63, 3.8) is 0 Å². The maximum atomic E-state index is 12.4. The molecule has 0 aromatic heterocycles. The Morgan fingerprint density at radius 1 is 1.00 bits per heavy atom. The Balaban J connectivity index is 2.03. The first-order valence-electron chi connectivity index (χ1n) is 6.57. The van der Waals surface area contributed by atoms with Gasteiger partial charge in [-0.25, -0.2) is 0 Å². The molecule has 0 spiro atoms. The lowest BCUT2D eigenvalue weighted by Crippen LogP contribution is -2.52. The second-order valence-corrected chi connectivity index (χ2v) is 6.88. The van der Waals surface area contributed by atoms with Crippen LogP contribution >= 0.6 is 0 Å². The van der Waals surface area contributed by atoms with Gasteiger partial charge < -0.3 is 5.32 Å². The van der Waals surface area contributed by atoms with Gasteiger partial charge in [0.1, 0.15) is 0 Å². The fourth-order valence-electron chi connectivity index (χ4n) is 2.65. The number of nitrogens with one attached hydrogen (secondary N) is 1. The smallest absolute Gasteiger partial charge is 0.282 e. The molecular formula is C11H23N3O2S. The molecule has 0 aromatic rings. The number of hydrogen-bond donors (Lipinski definition) is 1. The van der Waals surface area contributed by atoms with Crippen LogP contribution in [0.1, 0.15) is 32.1 Å². The first-order chi connectivity index (χ1) is 8.14. The van der Waals surface area contributed by atoms with Crippen LogP contribution in [0.5, 0.6) is 0 Å². The van der Waals surface area contributed by atoms with E-state index >= 15 is 0 Å². The van der Waals surface area contributed by atoms with Gasteiger partial charge in [0.2, 0.25) is 0 Å². The molecule has 17 heavy (non-hydrogen) atoms. The summed E-state index contributed by atoms with van der Waals surface area (Å²) < 4.78 is 28.2. The molecule has 100 valence electrons. The average Bonchev–Trinajstić information content (AvgIpc) is 2.40. The van der Waals surface area contributed by atoms with E-state index in [1.165, 1.54) is 0 Å². The van der Waals surface area contributed by atoms with E-state index in [2.05, 4.69) is 5.32 Å². The largest absolute Gasteiger partial charge is 0.316 e. The van der Waals surface area contributed by atoms with Crippen LogP contribution in [-0.2, 0) is 10.2 Å². The molecule has 2 rings (SSSR count). The first-order valence-corrected chi connectivity index (χ1v) is 7.97. The molecule has 5 nitrogen and oxygen atoms in total. The molecule has 2 saturated heterocycles. The first kappa shape index (κ1) is 13.3. The van der Waals surface area contributed by atoms with Crippen LogP contribution in [-0.4, -0.2) is 56.3 Å². The highest BCUT2D eigenvalue weighted by Gasteiger charge is 2.33. The molecule has 0 bridgehead atoms. The monoisotopic (exact) mass is 261 g/mol. The molecule has 1 atom stereocenters. The molecule has 2 fully saturated rings. The van der Waals surface area contributed by atoms with Gasteiger partial charge in [-0.05, 0) is 32.7 Å². The van der Waals surface area contributed by atoms with E-state index in [0.717, 1.165) is 32.1 Å². The molecule has 0 saturated carbocycles. The zero-order valence-corrected chi connectivity index (χ0v) is 11.4. The van der Waals surface area contributed by atoms with Crippen LogP contribution < -0.4 is 5.32 Å². The Hall–Kier alpha value is -0.170. The molecule has 6 heteroatoms. The summed E-state index contributed by atoms with van der Waals surface area (Å²) in [6, 6.07) is 0.309. The van der Waals surface area contributed by atoms with E-state index in [0.29, 0.717) is 32.2 Å². The van der Waals surface area contributed by atoms with Gasteiger partial charge in [0.25, 0.3) is 10.2 Å². The topological polar surface area (TPSA) is 52.7 Å². The van der Waals surface area contributed by atoms with Crippen LogP contribution in [0.15, 0.2) is 0 Å². The Morgan fingerprint density at radius 3 is 2.29 bits per heavy atom. The summed E-state index contributed by atoms with van der Waals surface area (Å²) in [6.45, 7) is 2.69. The molecule has 2 heterocycles. The average molecular weight is 261 g/mol. The third kappa shape index (κ3) is 2.99. The summed E-state index contributed by atoms with van der Waals surface area (Å²) >= 11 is 0. The van der Waals surface area contributed by atoms with Crippen LogP contribution in [0, 0.1) is 0 Å². The summed E-state index contributed by atoms with van der Waals surface area (Å²) in [7, 11) is -1.30. The molecule has 0 aliphatic carbocycles. The molecule has 1 N–H and O–H groups in total. The summed E-state index contributed by atoms with van der Waals surface area (Å²) in [6.07, 6.45) is 5.19. The predicted molar refractivity (Wildman–Crippen MR) is 68.0 cm³/mol. The highest BCUT2D eigenvalue weighted by atomic mass is 32.2. The van der Waals surface area contributed by atoms with Crippen molar-refractivity contribution in [2.24, 2.45) is 0 Å². The highest BCUT2D eigenvalue weighted by Crippen LogP contribution is 2.20. The molecular weight excluding hydrogens is 238 g/mol. The zero-order valence-electron chi connectivity index (χ0n) is 10.6. The third-order valence-corrected chi connectivity index (χ3v) is 5.76. The molecule has 2 aliphatic rings. The standard InChI is InChI=1S/C11H23N3O2S/c1-12-11-6-5-9-14(10-11)17(15,16)13-7-3-2-4-8-13/h11-12H,2-10H2,1H3. The lowest BCUT2D eigenvalue weighted by atomic mass is 10.1. The van der Waals surface area contributed by atoms with E-state index in [4.69, 9.17) is 0 Å². The fraction of sp³-hybridized carbons (Fsp3) is 1.00. The molecule has 2 aliphatic heterocycles. The van der Waals surface area contributed by atoms with Gasteiger partial charge in [-0.2, -0.15) is 17.0 Å². The second kappa shape index (κ2) is 5.65. The second-order valence-electron chi connectivity index (χ2n) is 4.95. The Bertz CT molecular complexity index is 339. The minimum absolute atomic E-state index is 0.309. The van der Waals surface area contributed by atoms with Crippen molar-refractivity contribution >= 4 is 10.2 Å². The van der Waals surface area contributed by atoms with Gasteiger partial charge in [0.05, 0.1) is 0 Å². The number of piperidine rings is 2. The van der Waals surface area contributed by atoms with Gasteiger partial charge in [0.15, 0.2) is 0 Å². The van der Waals surface area contributed by atoms with Crippen molar-refractivity contribution in [3.05, 3.63) is 0 Å². The van der Waals surface area contributed by atoms with Gasteiger partial charge in [0, 0.05) is 32.2 Å². The summed E-state index contributed by atoms with van der Waals surface area (Å²) in [5.74, 6) is 0. The quantitative estimate of drug-likeness (QED) is 0.800. The number of likely N-dealkylation sites (N-methyl/N-ethyl adjacent to an activating group) is 1. The minimum Gasteiger partial charge on any atom is -0.316 e. The van der Waals surface area contributed by atoms with E-state index in [9.17, 15) is 8.42 Å². The lowest BCUT2D eigenvalue weighted by Gasteiger charge is -2.36. The van der Waals surface area contributed by atoms with Crippen molar-refractivity contribution in [2.45, 2.75) is 38.1 Å². The molecule has 0 aromatic carbocycles. The Labute approximate surface area is 104 Å². The number of rotatable bonds is 3. The third-order valence-electron chi connectivity index (χ3n) is 3.76. The fourth-order valence-corrected chi connectivity index (χ4v) is 4.42. The van der Waals surface area contributed by atoms with Crippen molar-refractivity contribution in [3.8, 4) is 0 Å². The van der Waals surface area contributed by atoms with E-state index < -0.39 is 10.2 Å². The maximum absolute atomic E-state index is 12.4. The number of hydrogen-bond acceptors (Lipinski definition) is 3. The maximum Gasteiger partial charge on any atom is 0.282 e. The van der Waals surface area contributed by atoms with E-state index in [1.807, 2.05) is 7.05 Å². The SMILES string of the molecule is CNC1CCCN(S(=O)(=O)N2CCCCC2)C1.